The quantitative estimate of drug-likeness (QED) is 0.225. The number of allylic oxidation sites excluding steroid dienone is 1. The Kier molecular flexibility index (Phi) is 5.74. The van der Waals surface area contributed by atoms with Crippen molar-refractivity contribution >= 4 is 42.2 Å². The van der Waals surface area contributed by atoms with Crippen molar-refractivity contribution in [3.63, 3.8) is 0 Å². The van der Waals surface area contributed by atoms with Gasteiger partial charge in [-0.3, -0.25) is 14.2 Å². The van der Waals surface area contributed by atoms with E-state index in [4.69, 9.17) is 11.6 Å². The zero-order valence-electron chi connectivity index (χ0n) is 22.4. The molecule has 10 heteroatoms. The van der Waals surface area contributed by atoms with Crippen molar-refractivity contribution in [3.8, 4) is 5.82 Å². The molecule has 1 radical (unpaired) electrons. The first-order valence-corrected chi connectivity index (χ1v) is 14.6. The topological polar surface area (TPSA) is 71.0 Å². The van der Waals surface area contributed by atoms with E-state index in [0.717, 1.165) is 65.1 Å². The number of fused-ring (bicyclic) bond motifs is 3. The Morgan fingerprint density at radius 2 is 1.88 bits per heavy atom. The van der Waals surface area contributed by atoms with Crippen molar-refractivity contribution in [2.75, 3.05) is 17.7 Å². The van der Waals surface area contributed by atoms with Crippen LogP contribution in [0.2, 0.25) is 0 Å². The molecule has 4 aliphatic rings. The van der Waals surface area contributed by atoms with Crippen LogP contribution in [-0.2, 0) is 17.8 Å². The lowest BCUT2D eigenvalue weighted by atomic mass is 9.91. The highest BCUT2D eigenvalue weighted by molar-refractivity contribution is 6.40. The van der Waals surface area contributed by atoms with Gasteiger partial charge in [-0.1, -0.05) is 41.6 Å². The van der Waals surface area contributed by atoms with Gasteiger partial charge in [0.05, 0.1) is 18.4 Å². The minimum Gasteiger partial charge on any atom is -0.329 e. The van der Waals surface area contributed by atoms with Crippen molar-refractivity contribution in [1.82, 2.24) is 24.3 Å². The van der Waals surface area contributed by atoms with Crippen LogP contribution in [0.3, 0.4) is 0 Å². The molecule has 41 heavy (non-hydrogen) atoms. The summed E-state index contributed by atoms with van der Waals surface area (Å²) in [5.74, 6) is 2.33. The Hall–Kier alpha value is -4.37. The number of aromatic nitrogens is 4. The Labute approximate surface area is 243 Å². The molecule has 8 rings (SSSR count). The van der Waals surface area contributed by atoms with Gasteiger partial charge < -0.3 is 9.79 Å². The Morgan fingerprint density at radius 3 is 2.68 bits per heavy atom. The molecule has 0 spiro atoms. The van der Waals surface area contributed by atoms with Crippen LogP contribution in [0, 0.1) is 0 Å². The van der Waals surface area contributed by atoms with E-state index < -0.39 is 0 Å². The van der Waals surface area contributed by atoms with Gasteiger partial charge in [-0.2, -0.15) is 0 Å². The van der Waals surface area contributed by atoms with Crippen molar-refractivity contribution in [2.24, 2.45) is 0 Å². The number of benzene rings is 2. The number of carbonyl (C=O) groups is 1. The highest BCUT2D eigenvalue weighted by atomic mass is 35.5. The standard InChI is InChI=1S/C31H26BClN7O/c33-17-28(41)34-24-9-7-22(8-10-24)31-26-11-13-29(37-16-15-20-3-1-2-4-23(20)18-37)39(26)32-40-27(31)12-14-30(40)38-19-25(35-36-38)21-5-6-21/h1-4,7-14,19,21H,5-6,15-18H2/p+1. The fourth-order valence-corrected chi connectivity index (χ4v) is 6.14. The third-order valence-corrected chi connectivity index (χ3v) is 8.55. The summed E-state index contributed by atoms with van der Waals surface area (Å²) in [5.41, 5.74) is 8.94. The van der Waals surface area contributed by atoms with Crippen molar-refractivity contribution < 1.29 is 9.37 Å². The van der Waals surface area contributed by atoms with Gasteiger partial charge in [0.15, 0.2) is 0 Å². The zero-order valence-corrected chi connectivity index (χ0v) is 23.1. The van der Waals surface area contributed by atoms with Gasteiger partial charge in [-0.25, -0.2) is 4.68 Å². The van der Waals surface area contributed by atoms with Crippen molar-refractivity contribution in [3.05, 3.63) is 113 Å². The Balaban J connectivity index is 1.23. The molecule has 1 fully saturated rings. The molecule has 0 saturated heterocycles. The zero-order chi connectivity index (χ0) is 27.5. The van der Waals surface area contributed by atoms with Crippen LogP contribution in [0.15, 0.2) is 84.7 Å². The van der Waals surface area contributed by atoms with Crippen LogP contribution in [0.5, 0.6) is 0 Å². The minimum absolute atomic E-state index is 0.0761. The summed E-state index contributed by atoms with van der Waals surface area (Å²) in [6, 6.07) is 20.9. The van der Waals surface area contributed by atoms with Gasteiger partial charge in [-0.05, 0) is 59.9 Å². The molecule has 8 nitrogen and oxygen atoms in total. The Morgan fingerprint density at radius 1 is 1.05 bits per heavy atom. The summed E-state index contributed by atoms with van der Waals surface area (Å²) >= 11 is 5.70. The fraction of sp³-hybridized carbons (Fsp3) is 0.226. The molecule has 1 saturated carbocycles. The molecule has 5 heterocycles. The van der Waals surface area contributed by atoms with Gasteiger partial charge in [0.25, 0.3) is 5.84 Å². The number of nitrogens with zero attached hydrogens (tertiary/aromatic N) is 6. The lowest BCUT2D eigenvalue weighted by Gasteiger charge is -2.27. The van der Waals surface area contributed by atoms with Crippen LogP contribution in [0.1, 0.15) is 46.8 Å². The van der Waals surface area contributed by atoms with E-state index in [9.17, 15) is 4.79 Å². The maximum atomic E-state index is 11.8. The van der Waals surface area contributed by atoms with E-state index in [2.05, 4.69) is 104 Å². The molecule has 1 N–H and O–H groups in total. The van der Waals surface area contributed by atoms with Crippen LogP contribution in [-0.4, -0.2) is 60.6 Å². The molecule has 1 aliphatic carbocycles. The van der Waals surface area contributed by atoms with E-state index in [0.29, 0.717) is 5.92 Å². The maximum absolute atomic E-state index is 11.8. The number of alkyl halides is 1. The van der Waals surface area contributed by atoms with Crippen LogP contribution >= 0.6 is 11.6 Å². The molecule has 0 unspecified atom stereocenters. The van der Waals surface area contributed by atoms with E-state index >= 15 is 0 Å². The number of nitrogens with one attached hydrogen (secondary N) is 1. The van der Waals surface area contributed by atoms with Crippen LogP contribution in [0.4, 0.5) is 5.69 Å². The van der Waals surface area contributed by atoms with Gasteiger partial charge in [0, 0.05) is 35.4 Å². The van der Waals surface area contributed by atoms with Crippen LogP contribution < -0.4 is 5.32 Å². The molecular weight excluding hydrogens is 533 g/mol. The molecular formula is C31H27BClN7O+. The van der Waals surface area contributed by atoms with Crippen LogP contribution in [0.25, 0.3) is 11.4 Å². The second kappa shape index (κ2) is 9.63. The molecule has 201 valence electrons. The summed E-state index contributed by atoms with van der Waals surface area (Å²) in [6.45, 7) is 1.83. The number of amidine groups is 1. The number of amides is 1. The van der Waals surface area contributed by atoms with Crippen molar-refractivity contribution in [2.45, 2.75) is 31.7 Å². The van der Waals surface area contributed by atoms with E-state index in [1.165, 1.54) is 24.0 Å². The SMILES string of the molecule is O=C(CCl)Nc1ccc(C2=C3C=CC(=[N+]4CCc5ccccc5C4)N3[B]n3c2ccc3-n2cc(C3CC3)nn2)cc1. The first-order chi connectivity index (χ1) is 20.2. The van der Waals surface area contributed by atoms with Gasteiger partial charge in [0.2, 0.25) is 5.91 Å². The predicted molar refractivity (Wildman–Crippen MR) is 159 cm³/mol. The summed E-state index contributed by atoms with van der Waals surface area (Å²) in [5, 5.41) is 11.8. The molecule has 3 aliphatic heterocycles. The van der Waals surface area contributed by atoms with Gasteiger partial charge >= 0.3 is 7.55 Å². The molecule has 2 aromatic heterocycles. The summed E-state index contributed by atoms with van der Waals surface area (Å²) in [6.07, 6.45) is 9.89. The molecule has 0 bridgehead atoms. The average Bonchev–Trinajstić information content (AvgIpc) is 3.38. The second-order valence-electron chi connectivity index (χ2n) is 10.9. The number of hydrogen-bond donors (Lipinski definition) is 1. The predicted octanol–water partition coefficient (Wildman–Crippen LogP) is 4.32. The number of hydrogen-bond acceptors (Lipinski definition) is 3. The number of anilines is 1. The highest BCUT2D eigenvalue weighted by Gasteiger charge is 2.41. The first kappa shape index (κ1) is 24.4. The number of halogens is 1. The largest absolute Gasteiger partial charge is 0.553 e. The van der Waals surface area contributed by atoms with E-state index in [1.54, 1.807) is 0 Å². The van der Waals surface area contributed by atoms with E-state index in [-0.39, 0.29) is 11.8 Å². The Bertz CT molecular complexity index is 1790. The summed E-state index contributed by atoms with van der Waals surface area (Å²) < 4.78 is 6.55. The fourth-order valence-electron chi connectivity index (χ4n) is 6.07. The third-order valence-electron chi connectivity index (χ3n) is 8.31. The number of rotatable bonds is 5. The molecule has 4 aromatic rings. The lowest BCUT2D eigenvalue weighted by Crippen LogP contribution is -2.43. The highest BCUT2D eigenvalue weighted by Crippen LogP contribution is 2.40. The normalized spacial score (nSPS) is 19.1. The summed E-state index contributed by atoms with van der Waals surface area (Å²) in [4.78, 5) is 14.1. The van der Waals surface area contributed by atoms with E-state index in [1.807, 2.05) is 16.8 Å². The first-order valence-electron chi connectivity index (χ1n) is 14.0. The average molecular weight is 560 g/mol. The lowest BCUT2D eigenvalue weighted by molar-refractivity contribution is -0.550. The minimum atomic E-state index is -0.224. The second-order valence-corrected chi connectivity index (χ2v) is 11.2. The summed E-state index contributed by atoms with van der Waals surface area (Å²) in [7, 11) is 2.17. The number of carbonyl (C=O) groups excluding carboxylic acids is 1. The smallest absolute Gasteiger partial charge is 0.329 e. The monoisotopic (exact) mass is 559 g/mol. The van der Waals surface area contributed by atoms with Gasteiger partial charge in [-0.15, -0.1) is 16.7 Å². The maximum Gasteiger partial charge on any atom is 0.553 e. The van der Waals surface area contributed by atoms with Gasteiger partial charge in [0.1, 0.15) is 23.9 Å². The molecule has 2 aromatic carbocycles. The van der Waals surface area contributed by atoms with Crippen molar-refractivity contribution in [1.29, 1.82) is 0 Å². The molecule has 1 amide bonds. The molecule has 0 atom stereocenters. The third kappa shape index (κ3) is 4.23.